The SMILES string of the molecule is COC(=O)N1CC2CC(c3cnnc(C4=C(F)NC5=C(C(=O)[C@@H](N)CS5(=O)=O)C(Cc5ccc(Cl)cc5)=C4)n3)(C2)C1. The molecule has 0 radical (unpaired) electrons. The lowest BCUT2D eigenvalue weighted by Gasteiger charge is -2.55. The molecule has 7 rings (SSSR count). The van der Waals surface area contributed by atoms with Gasteiger partial charge in [-0.25, -0.2) is 18.2 Å². The summed E-state index contributed by atoms with van der Waals surface area (Å²) in [5.74, 6) is -2.13. The average molecular weight is 601 g/mol. The molecule has 4 aliphatic heterocycles. The number of sulfone groups is 1. The van der Waals surface area contributed by atoms with Crippen LogP contribution < -0.4 is 11.1 Å². The number of amides is 1. The van der Waals surface area contributed by atoms with E-state index < -0.39 is 49.9 Å². The molecule has 1 amide bonds. The van der Waals surface area contributed by atoms with Gasteiger partial charge in [-0.3, -0.25) is 4.79 Å². The Bertz CT molecular complexity index is 1670. The van der Waals surface area contributed by atoms with Crippen LogP contribution in [0.5, 0.6) is 0 Å². The Balaban J connectivity index is 1.44. The van der Waals surface area contributed by atoms with E-state index in [9.17, 15) is 18.0 Å². The third-order valence-electron chi connectivity index (χ3n) is 8.03. The average Bonchev–Trinajstić information content (AvgIpc) is 3.09. The number of nitrogens with one attached hydrogen (secondary N) is 1. The molecule has 2 bridgehead atoms. The van der Waals surface area contributed by atoms with Gasteiger partial charge in [-0.15, -0.1) is 5.10 Å². The van der Waals surface area contributed by atoms with Crippen LogP contribution in [0.15, 0.2) is 58.7 Å². The zero-order chi connectivity index (χ0) is 29.1. The van der Waals surface area contributed by atoms with Crippen LogP contribution in [-0.4, -0.2) is 72.4 Å². The number of nitrogens with two attached hydrogens (primary N) is 1. The first-order valence-electron chi connectivity index (χ1n) is 12.9. The van der Waals surface area contributed by atoms with Crippen LogP contribution in [0.25, 0.3) is 5.57 Å². The molecule has 14 heteroatoms. The summed E-state index contributed by atoms with van der Waals surface area (Å²) in [7, 11) is -2.80. The second kappa shape index (κ2) is 10.00. The van der Waals surface area contributed by atoms with E-state index in [-0.39, 0.29) is 34.9 Å². The molecule has 3 N–H and O–H groups in total. The second-order valence-electron chi connectivity index (χ2n) is 10.9. The van der Waals surface area contributed by atoms with E-state index >= 15 is 4.39 Å². The Hall–Kier alpha value is -3.68. The van der Waals surface area contributed by atoms with Crippen molar-refractivity contribution in [2.75, 3.05) is 26.0 Å². The number of Topliss-reactive ketones (excluding diaryl/α,β-unsaturated/α-hetero) is 1. The quantitative estimate of drug-likeness (QED) is 0.498. The lowest BCUT2D eigenvalue weighted by atomic mass is 9.57. The van der Waals surface area contributed by atoms with Crippen LogP contribution in [0.4, 0.5) is 9.18 Å². The highest BCUT2D eigenvalue weighted by atomic mass is 35.5. The summed E-state index contributed by atoms with van der Waals surface area (Å²) < 4.78 is 47.0. The van der Waals surface area contributed by atoms with Gasteiger partial charge in [0.05, 0.1) is 41.9 Å². The highest BCUT2D eigenvalue weighted by molar-refractivity contribution is 7.95. The number of carbonyl (C=O) groups is 2. The number of rotatable bonds is 4. The Kier molecular flexibility index (Phi) is 6.70. The molecular formula is C27H26ClFN6O5S. The molecule has 3 fully saturated rings. The van der Waals surface area contributed by atoms with Crippen LogP contribution in [0.1, 0.15) is 29.9 Å². The van der Waals surface area contributed by atoms with Crippen molar-refractivity contribution in [1.82, 2.24) is 25.4 Å². The predicted octanol–water partition coefficient (Wildman–Crippen LogP) is 2.20. The minimum Gasteiger partial charge on any atom is -0.453 e. The van der Waals surface area contributed by atoms with Crippen LogP contribution >= 0.6 is 11.6 Å². The fourth-order valence-electron chi connectivity index (χ4n) is 6.17. The van der Waals surface area contributed by atoms with Gasteiger partial charge in [0.15, 0.2) is 21.4 Å². The lowest BCUT2D eigenvalue weighted by Crippen LogP contribution is -2.60. The fraction of sp³-hybridized carbons (Fsp3) is 0.370. The van der Waals surface area contributed by atoms with Gasteiger partial charge < -0.3 is 20.7 Å². The van der Waals surface area contributed by atoms with Crippen LogP contribution in [0, 0.1) is 5.92 Å². The number of halogens is 2. The van der Waals surface area contributed by atoms with Gasteiger partial charge >= 0.3 is 6.09 Å². The van der Waals surface area contributed by atoms with E-state index in [1.165, 1.54) is 19.4 Å². The number of ketones is 1. The molecule has 1 aromatic carbocycles. The number of carbonyl (C=O) groups excluding carboxylic acids is 2. The number of hydrogen-bond donors (Lipinski definition) is 2. The molecule has 0 spiro atoms. The molecule has 2 saturated heterocycles. The summed E-state index contributed by atoms with van der Waals surface area (Å²) in [6, 6.07) is 5.48. The monoisotopic (exact) mass is 600 g/mol. The topological polar surface area (TPSA) is 157 Å². The van der Waals surface area contributed by atoms with Crippen molar-refractivity contribution in [2.45, 2.75) is 30.7 Å². The van der Waals surface area contributed by atoms with Crippen molar-refractivity contribution in [3.8, 4) is 0 Å². The van der Waals surface area contributed by atoms with Gasteiger partial charge in [0, 0.05) is 23.5 Å². The highest BCUT2D eigenvalue weighted by Crippen LogP contribution is 2.51. The van der Waals surface area contributed by atoms with E-state index in [1.54, 1.807) is 29.2 Å². The number of aromatic nitrogens is 3. The number of methoxy groups -OCH3 is 1. The number of benzene rings is 1. The van der Waals surface area contributed by atoms with E-state index in [1.807, 2.05) is 0 Å². The predicted molar refractivity (Wildman–Crippen MR) is 146 cm³/mol. The Morgan fingerprint density at radius 1 is 1.29 bits per heavy atom. The molecule has 2 aromatic rings. The Labute approximate surface area is 240 Å². The van der Waals surface area contributed by atoms with Crippen molar-refractivity contribution < 1.29 is 27.1 Å². The normalized spacial score (nSPS) is 26.9. The molecule has 11 nitrogen and oxygen atoms in total. The van der Waals surface area contributed by atoms with Crippen LogP contribution in [0.2, 0.25) is 5.02 Å². The minimum absolute atomic E-state index is 0.0786. The molecule has 0 unspecified atom stereocenters. The van der Waals surface area contributed by atoms with Crippen molar-refractivity contribution in [2.24, 2.45) is 11.7 Å². The van der Waals surface area contributed by atoms with E-state index in [2.05, 4.69) is 20.5 Å². The zero-order valence-electron chi connectivity index (χ0n) is 21.9. The van der Waals surface area contributed by atoms with Crippen LogP contribution in [-0.2, 0) is 31.2 Å². The minimum atomic E-state index is -4.12. The number of ether oxygens (including phenoxy) is 1. The first-order chi connectivity index (χ1) is 19.5. The molecular weight excluding hydrogens is 575 g/mol. The van der Waals surface area contributed by atoms with Gasteiger partial charge in [0.25, 0.3) is 0 Å². The standard InChI is InChI=1S/C27H26ClFN6O5S/c1-40-26(37)35-11-15-8-27(9-15,13-35)20-10-31-34-24(32-20)18-7-16(6-14-2-4-17(28)5-3-14)21-22(36)19(30)12-41(38,39)25(21)33-23(18)29/h2-5,7,10,15,19,33H,6,8-9,11-13,30H2,1H3/t15?,19-,27?/m0/s1. The molecule has 1 aliphatic carbocycles. The number of nitrogens with zero attached hydrogens (tertiary/aromatic N) is 4. The first kappa shape index (κ1) is 27.5. The maximum atomic E-state index is 15.9. The van der Waals surface area contributed by atoms with Gasteiger partial charge in [0.1, 0.15) is 5.03 Å². The zero-order valence-corrected chi connectivity index (χ0v) is 23.5. The smallest absolute Gasteiger partial charge is 0.409 e. The Morgan fingerprint density at radius 2 is 2.02 bits per heavy atom. The summed E-state index contributed by atoms with van der Waals surface area (Å²) in [5.41, 5.74) is 6.53. The molecule has 1 saturated carbocycles. The molecule has 41 heavy (non-hydrogen) atoms. The first-order valence-corrected chi connectivity index (χ1v) is 15.0. The van der Waals surface area contributed by atoms with Gasteiger partial charge in [-0.1, -0.05) is 23.7 Å². The van der Waals surface area contributed by atoms with E-state index in [0.29, 0.717) is 29.4 Å². The summed E-state index contributed by atoms with van der Waals surface area (Å²) in [6.07, 6.45) is 4.06. The Morgan fingerprint density at radius 3 is 2.73 bits per heavy atom. The van der Waals surface area contributed by atoms with Crippen molar-refractivity contribution in [3.63, 3.8) is 0 Å². The molecule has 214 valence electrons. The lowest BCUT2D eigenvalue weighted by molar-refractivity contribution is -0.116. The van der Waals surface area contributed by atoms with E-state index in [0.717, 1.165) is 12.8 Å². The molecule has 5 heterocycles. The van der Waals surface area contributed by atoms with Gasteiger partial charge in [-0.2, -0.15) is 9.49 Å². The van der Waals surface area contributed by atoms with E-state index in [4.69, 9.17) is 22.1 Å². The fourth-order valence-corrected chi connectivity index (χ4v) is 7.87. The third-order valence-corrected chi connectivity index (χ3v) is 10.0. The highest BCUT2D eigenvalue weighted by Gasteiger charge is 2.53. The van der Waals surface area contributed by atoms with Crippen LogP contribution in [0.3, 0.4) is 0 Å². The molecule has 5 aliphatic rings. The van der Waals surface area contributed by atoms with Gasteiger partial charge in [0.2, 0.25) is 5.95 Å². The summed E-state index contributed by atoms with van der Waals surface area (Å²) in [5, 5.41) is 10.4. The maximum absolute atomic E-state index is 15.9. The van der Waals surface area contributed by atoms with Crippen molar-refractivity contribution in [1.29, 1.82) is 0 Å². The van der Waals surface area contributed by atoms with Crippen molar-refractivity contribution >= 4 is 38.9 Å². The maximum Gasteiger partial charge on any atom is 0.409 e. The van der Waals surface area contributed by atoms with Crippen molar-refractivity contribution in [3.05, 3.63) is 80.8 Å². The number of allylic oxidation sites excluding steroid dienone is 3. The summed E-state index contributed by atoms with van der Waals surface area (Å²) in [6.45, 7) is 0.953. The summed E-state index contributed by atoms with van der Waals surface area (Å²) >= 11 is 6.03. The summed E-state index contributed by atoms with van der Waals surface area (Å²) in [4.78, 5) is 31.7. The second-order valence-corrected chi connectivity index (χ2v) is 13.3. The number of fused-ring (bicyclic) bond motifs is 2. The molecule has 1 atom stereocenters. The molecule has 1 aromatic heterocycles. The number of hydrogen-bond acceptors (Lipinski definition) is 10. The third kappa shape index (κ3) is 4.81. The largest absolute Gasteiger partial charge is 0.453 e. The van der Waals surface area contributed by atoms with Gasteiger partial charge in [-0.05, 0) is 54.5 Å². The number of piperidine rings is 2.